The normalized spacial score (nSPS) is 13.5. The van der Waals surface area contributed by atoms with Crippen LogP contribution in [0.1, 0.15) is 37.9 Å². The largest absolute Gasteiger partial charge is 0.480 e. The molecule has 0 spiro atoms. The number of aliphatic carboxylic acids is 1. The molecule has 0 amide bonds. The fourth-order valence-corrected chi connectivity index (χ4v) is 1.96. The van der Waals surface area contributed by atoms with Gasteiger partial charge < -0.3 is 10.0 Å². The molecule has 1 aromatic carbocycles. The van der Waals surface area contributed by atoms with E-state index in [9.17, 15) is 9.90 Å². The van der Waals surface area contributed by atoms with Gasteiger partial charge in [0.25, 0.3) is 0 Å². The number of nitrogens with one attached hydrogen (secondary N) is 1. The highest BCUT2D eigenvalue weighted by atomic mass is 16.4. The van der Waals surface area contributed by atoms with Gasteiger partial charge in [0.2, 0.25) is 0 Å². The number of carboxylic acids is 1. The topological polar surface area (TPSA) is 52.6 Å². The van der Waals surface area contributed by atoms with Crippen LogP contribution in [0.3, 0.4) is 0 Å². The number of hydrogen-bond donors (Lipinski definition) is 2. The summed E-state index contributed by atoms with van der Waals surface area (Å²) in [5.41, 5.74) is 2.08. The second-order valence-corrected chi connectivity index (χ2v) is 6.40. The van der Waals surface area contributed by atoms with Crippen molar-refractivity contribution in [2.45, 2.75) is 32.2 Å². The summed E-state index contributed by atoms with van der Waals surface area (Å²) in [5.74, 6) is -0.840. The van der Waals surface area contributed by atoms with Gasteiger partial charge in [-0.1, -0.05) is 45.0 Å². The molecule has 20 heavy (non-hydrogen) atoms. The van der Waals surface area contributed by atoms with Gasteiger partial charge in [0.15, 0.2) is 0 Å². The van der Waals surface area contributed by atoms with Gasteiger partial charge in [-0.05, 0) is 30.6 Å². The highest BCUT2D eigenvalue weighted by molar-refractivity contribution is 5.75. The summed E-state index contributed by atoms with van der Waals surface area (Å²) in [6.45, 7) is 7.89. The number of benzene rings is 1. The Balaban J connectivity index is 2.80. The summed E-state index contributed by atoms with van der Waals surface area (Å²) < 4.78 is 0. The maximum Gasteiger partial charge on any atom is 0.325 e. The van der Waals surface area contributed by atoms with E-state index >= 15 is 0 Å². The zero-order valence-corrected chi connectivity index (χ0v) is 13.1. The van der Waals surface area contributed by atoms with E-state index in [4.69, 9.17) is 0 Å². The lowest BCUT2D eigenvalue weighted by atomic mass is 9.86. The van der Waals surface area contributed by atoms with Gasteiger partial charge in [0, 0.05) is 13.1 Å². The van der Waals surface area contributed by atoms with Crippen molar-refractivity contribution in [3.8, 4) is 0 Å². The molecule has 1 unspecified atom stereocenters. The molecule has 1 atom stereocenters. The van der Waals surface area contributed by atoms with Crippen molar-refractivity contribution in [1.82, 2.24) is 10.2 Å². The summed E-state index contributed by atoms with van der Waals surface area (Å²) >= 11 is 0. The predicted molar refractivity (Wildman–Crippen MR) is 82.1 cm³/mol. The van der Waals surface area contributed by atoms with E-state index in [0.29, 0.717) is 6.54 Å². The highest BCUT2D eigenvalue weighted by Crippen LogP contribution is 2.24. The number of nitrogens with zero attached hydrogens (tertiary/aromatic N) is 1. The van der Waals surface area contributed by atoms with Gasteiger partial charge in [-0.3, -0.25) is 10.1 Å². The van der Waals surface area contributed by atoms with Crippen LogP contribution in [-0.2, 0) is 10.2 Å². The van der Waals surface area contributed by atoms with Crippen LogP contribution in [0.2, 0.25) is 0 Å². The Morgan fingerprint density at radius 2 is 1.80 bits per heavy atom. The molecule has 0 heterocycles. The number of rotatable bonds is 6. The molecule has 4 nitrogen and oxygen atoms in total. The molecular formula is C16H26N2O2. The lowest BCUT2D eigenvalue weighted by Crippen LogP contribution is -2.34. The van der Waals surface area contributed by atoms with E-state index in [1.54, 1.807) is 0 Å². The molecular weight excluding hydrogens is 252 g/mol. The van der Waals surface area contributed by atoms with Gasteiger partial charge in [-0.2, -0.15) is 0 Å². The Kier molecular flexibility index (Phi) is 5.72. The maximum atomic E-state index is 11.4. The summed E-state index contributed by atoms with van der Waals surface area (Å²) in [5, 5.41) is 12.4. The van der Waals surface area contributed by atoms with Crippen LogP contribution in [0.4, 0.5) is 0 Å². The molecule has 0 radical (unpaired) electrons. The molecule has 1 rings (SSSR count). The van der Waals surface area contributed by atoms with Crippen LogP contribution in [-0.4, -0.2) is 43.2 Å². The SMILES string of the molecule is CN(C)CCNC(C(=O)O)c1ccc(C(C)(C)C)cc1. The fourth-order valence-electron chi connectivity index (χ4n) is 1.96. The molecule has 0 aromatic heterocycles. The molecule has 0 aliphatic heterocycles. The molecule has 0 bridgehead atoms. The van der Waals surface area contributed by atoms with Crippen molar-refractivity contribution < 1.29 is 9.90 Å². The average molecular weight is 278 g/mol. The third-order valence-electron chi connectivity index (χ3n) is 3.26. The molecule has 0 aliphatic carbocycles. The number of likely N-dealkylation sites (N-methyl/N-ethyl adjacent to an activating group) is 1. The Morgan fingerprint density at radius 1 is 1.25 bits per heavy atom. The van der Waals surface area contributed by atoms with Crippen LogP contribution < -0.4 is 5.32 Å². The minimum atomic E-state index is -0.840. The first-order valence-corrected chi connectivity index (χ1v) is 6.93. The first-order chi connectivity index (χ1) is 9.21. The number of carboxylic acid groups (broad SMARTS) is 1. The molecule has 4 heteroatoms. The van der Waals surface area contributed by atoms with E-state index in [2.05, 4.69) is 26.1 Å². The van der Waals surface area contributed by atoms with Crippen LogP contribution in [0, 0.1) is 0 Å². The van der Waals surface area contributed by atoms with E-state index in [0.717, 1.165) is 12.1 Å². The summed E-state index contributed by atoms with van der Waals surface area (Å²) in [7, 11) is 3.94. The Hall–Kier alpha value is -1.39. The van der Waals surface area contributed by atoms with Crippen molar-refractivity contribution in [2.24, 2.45) is 0 Å². The highest BCUT2D eigenvalue weighted by Gasteiger charge is 2.20. The first kappa shape index (κ1) is 16.7. The van der Waals surface area contributed by atoms with Gasteiger partial charge in [0.1, 0.15) is 6.04 Å². The molecule has 0 aliphatic rings. The molecule has 0 fully saturated rings. The van der Waals surface area contributed by atoms with Gasteiger partial charge in [0.05, 0.1) is 0 Å². The van der Waals surface area contributed by atoms with Crippen molar-refractivity contribution in [3.63, 3.8) is 0 Å². The Bertz CT molecular complexity index is 433. The summed E-state index contributed by atoms with van der Waals surface area (Å²) in [4.78, 5) is 13.4. The second-order valence-electron chi connectivity index (χ2n) is 6.40. The Morgan fingerprint density at radius 3 is 2.20 bits per heavy atom. The third kappa shape index (κ3) is 4.94. The zero-order valence-electron chi connectivity index (χ0n) is 13.1. The van der Waals surface area contributed by atoms with Gasteiger partial charge in [-0.25, -0.2) is 0 Å². The average Bonchev–Trinajstić information content (AvgIpc) is 2.33. The van der Waals surface area contributed by atoms with Crippen molar-refractivity contribution in [3.05, 3.63) is 35.4 Å². The molecule has 112 valence electrons. The molecule has 2 N–H and O–H groups in total. The first-order valence-electron chi connectivity index (χ1n) is 6.93. The number of hydrogen-bond acceptors (Lipinski definition) is 3. The minimum absolute atomic E-state index is 0.0790. The lowest BCUT2D eigenvalue weighted by molar-refractivity contribution is -0.139. The zero-order chi connectivity index (χ0) is 15.3. The molecule has 0 saturated heterocycles. The van der Waals surface area contributed by atoms with Crippen LogP contribution >= 0.6 is 0 Å². The van der Waals surface area contributed by atoms with E-state index in [1.165, 1.54) is 5.56 Å². The quantitative estimate of drug-likeness (QED) is 0.838. The van der Waals surface area contributed by atoms with Crippen LogP contribution in [0.5, 0.6) is 0 Å². The molecule has 0 saturated carbocycles. The van der Waals surface area contributed by atoms with Crippen molar-refractivity contribution >= 4 is 5.97 Å². The van der Waals surface area contributed by atoms with Crippen LogP contribution in [0.25, 0.3) is 0 Å². The lowest BCUT2D eigenvalue weighted by Gasteiger charge is -2.21. The van der Waals surface area contributed by atoms with E-state index < -0.39 is 12.0 Å². The van der Waals surface area contributed by atoms with Crippen molar-refractivity contribution in [1.29, 1.82) is 0 Å². The standard InChI is InChI=1S/C16H26N2O2/c1-16(2,3)13-8-6-12(7-9-13)14(15(19)20)17-10-11-18(4)5/h6-9,14,17H,10-11H2,1-5H3,(H,19,20). The smallest absolute Gasteiger partial charge is 0.325 e. The maximum absolute atomic E-state index is 11.4. The number of carbonyl (C=O) groups is 1. The Labute approximate surface area is 121 Å². The summed E-state index contributed by atoms with van der Waals surface area (Å²) in [6, 6.07) is 7.19. The minimum Gasteiger partial charge on any atom is -0.480 e. The van der Waals surface area contributed by atoms with Gasteiger partial charge >= 0.3 is 5.97 Å². The monoisotopic (exact) mass is 278 g/mol. The van der Waals surface area contributed by atoms with Gasteiger partial charge in [-0.15, -0.1) is 0 Å². The third-order valence-corrected chi connectivity index (χ3v) is 3.26. The van der Waals surface area contributed by atoms with Crippen LogP contribution in [0.15, 0.2) is 24.3 Å². The fraction of sp³-hybridized carbons (Fsp3) is 0.562. The predicted octanol–water partition coefficient (Wildman–Crippen LogP) is 2.26. The summed E-state index contributed by atoms with van der Waals surface area (Å²) in [6.07, 6.45) is 0. The molecule has 1 aromatic rings. The second kappa shape index (κ2) is 6.86. The van der Waals surface area contributed by atoms with Crippen molar-refractivity contribution in [2.75, 3.05) is 27.2 Å². The van der Waals surface area contributed by atoms with E-state index in [1.807, 2.05) is 43.3 Å². The van der Waals surface area contributed by atoms with E-state index in [-0.39, 0.29) is 5.41 Å².